The molecule has 0 saturated heterocycles. The fraction of sp³-hybridized carbons (Fsp3) is 0.357. The number of nitrogens with zero attached hydrogens (tertiary/aromatic N) is 2. The molecule has 0 spiro atoms. The molecule has 0 aliphatic carbocycles. The Labute approximate surface area is 135 Å². The second kappa shape index (κ2) is 7.23. The summed E-state index contributed by atoms with van der Waals surface area (Å²) in [5.41, 5.74) is 0.807. The number of hydrogen-bond donors (Lipinski definition) is 1. The van der Waals surface area contributed by atoms with Crippen molar-refractivity contribution >= 4 is 21.6 Å². The smallest absolute Gasteiger partial charge is 0.243 e. The van der Waals surface area contributed by atoms with Gasteiger partial charge in [-0.05, 0) is 24.6 Å². The highest BCUT2D eigenvalue weighted by Gasteiger charge is 2.19. The second-order valence-electron chi connectivity index (χ2n) is 4.66. The average Bonchev–Trinajstić information content (AvgIpc) is 2.98. The number of methoxy groups -OCH3 is 1. The number of nitrogens with one attached hydrogen (secondary N) is 1. The number of aryl methyl sites for hydroxylation is 1. The maximum atomic E-state index is 12.2. The van der Waals surface area contributed by atoms with Gasteiger partial charge in [-0.25, -0.2) is 13.1 Å². The van der Waals surface area contributed by atoms with Crippen molar-refractivity contribution in [3.8, 4) is 0 Å². The van der Waals surface area contributed by atoms with E-state index < -0.39 is 16.1 Å². The molecule has 0 aliphatic rings. The first-order chi connectivity index (χ1) is 10.5. The molecule has 1 N–H and O–H groups in total. The van der Waals surface area contributed by atoms with E-state index in [4.69, 9.17) is 16.3 Å². The van der Waals surface area contributed by atoms with Crippen LogP contribution in [0.5, 0.6) is 0 Å². The molecule has 6 nitrogen and oxygen atoms in total. The Balaban J connectivity index is 2.09. The zero-order chi connectivity index (χ0) is 16.2. The summed E-state index contributed by atoms with van der Waals surface area (Å²) in [4.78, 5) is 0.135. The van der Waals surface area contributed by atoms with E-state index in [0.717, 1.165) is 5.56 Å². The topological polar surface area (TPSA) is 73.2 Å². The molecule has 22 heavy (non-hydrogen) atoms. The van der Waals surface area contributed by atoms with Crippen molar-refractivity contribution in [2.24, 2.45) is 0 Å². The van der Waals surface area contributed by atoms with E-state index in [0.29, 0.717) is 11.6 Å². The number of halogens is 1. The summed E-state index contributed by atoms with van der Waals surface area (Å²) < 4.78 is 33.9. The lowest BCUT2D eigenvalue weighted by atomic mass is 10.1. The van der Waals surface area contributed by atoms with E-state index in [-0.39, 0.29) is 11.4 Å². The Kier molecular flexibility index (Phi) is 5.57. The Morgan fingerprint density at radius 2 is 2.23 bits per heavy atom. The molecule has 120 valence electrons. The van der Waals surface area contributed by atoms with Gasteiger partial charge in [-0.15, -0.1) is 0 Å². The second-order valence-corrected chi connectivity index (χ2v) is 6.87. The van der Waals surface area contributed by atoms with E-state index in [1.54, 1.807) is 22.9 Å². The quantitative estimate of drug-likeness (QED) is 0.836. The summed E-state index contributed by atoms with van der Waals surface area (Å²) in [7, 11) is -2.10. The van der Waals surface area contributed by atoms with Gasteiger partial charge in [0.15, 0.2) is 0 Å². The van der Waals surface area contributed by atoms with Crippen LogP contribution >= 0.6 is 11.6 Å². The molecule has 8 heteroatoms. The summed E-state index contributed by atoms with van der Waals surface area (Å²) in [6, 6.07) is 7.13. The first-order valence-corrected chi connectivity index (χ1v) is 8.62. The van der Waals surface area contributed by atoms with Crippen LogP contribution in [0.2, 0.25) is 5.02 Å². The first kappa shape index (κ1) is 17.0. The van der Waals surface area contributed by atoms with Crippen LogP contribution in [0.25, 0.3) is 0 Å². The Bertz CT molecular complexity index is 730. The predicted octanol–water partition coefficient (Wildman–Crippen LogP) is 2.22. The van der Waals surface area contributed by atoms with E-state index >= 15 is 0 Å². The number of aromatic nitrogens is 2. The Hall–Kier alpha value is -1.41. The first-order valence-electron chi connectivity index (χ1n) is 6.76. The van der Waals surface area contributed by atoms with Gasteiger partial charge in [0.2, 0.25) is 10.0 Å². The number of ether oxygens (including phenoxy) is 1. The maximum absolute atomic E-state index is 12.2. The molecule has 1 aromatic carbocycles. The van der Waals surface area contributed by atoms with Gasteiger partial charge >= 0.3 is 0 Å². The number of hydrogen-bond acceptors (Lipinski definition) is 4. The molecule has 1 atom stereocenters. The van der Waals surface area contributed by atoms with E-state index in [1.165, 1.54) is 19.5 Å². The molecule has 0 bridgehead atoms. The number of rotatable bonds is 7. The predicted molar refractivity (Wildman–Crippen MR) is 84.3 cm³/mol. The molecule has 1 heterocycles. The largest absolute Gasteiger partial charge is 0.375 e. The van der Waals surface area contributed by atoms with Gasteiger partial charge in [0.1, 0.15) is 4.90 Å². The Morgan fingerprint density at radius 1 is 1.45 bits per heavy atom. The van der Waals surface area contributed by atoms with Crippen molar-refractivity contribution in [3.63, 3.8) is 0 Å². The molecular formula is C14H18ClN3O3S. The number of benzene rings is 1. The molecule has 2 aromatic rings. The van der Waals surface area contributed by atoms with Crippen LogP contribution in [0.4, 0.5) is 0 Å². The highest BCUT2D eigenvalue weighted by Crippen LogP contribution is 2.20. The van der Waals surface area contributed by atoms with Gasteiger partial charge in [-0.3, -0.25) is 4.68 Å². The molecule has 0 radical (unpaired) electrons. The monoisotopic (exact) mass is 343 g/mol. The van der Waals surface area contributed by atoms with Crippen LogP contribution in [0.1, 0.15) is 18.6 Å². The fourth-order valence-electron chi connectivity index (χ4n) is 1.97. The van der Waals surface area contributed by atoms with E-state index in [1.807, 2.05) is 13.0 Å². The summed E-state index contributed by atoms with van der Waals surface area (Å²) in [6.07, 6.45) is 2.39. The van der Waals surface area contributed by atoms with Crippen molar-refractivity contribution < 1.29 is 13.2 Å². The summed E-state index contributed by atoms with van der Waals surface area (Å²) in [5, 5.41) is 4.54. The SMILES string of the molecule is CCn1cc(S(=O)(=O)NC[C@H](OC)c2cccc(Cl)c2)cn1. The molecule has 2 rings (SSSR count). The van der Waals surface area contributed by atoms with Gasteiger partial charge in [-0.2, -0.15) is 5.10 Å². The highest BCUT2D eigenvalue weighted by atomic mass is 35.5. The van der Waals surface area contributed by atoms with Crippen LogP contribution in [0.3, 0.4) is 0 Å². The zero-order valence-electron chi connectivity index (χ0n) is 12.4. The van der Waals surface area contributed by atoms with E-state index in [2.05, 4.69) is 9.82 Å². The lowest BCUT2D eigenvalue weighted by molar-refractivity contribution is 0.107. The third-order valence-corrected chi connectivity index (χ3v) is 4.82. The summed E-state index contributed by atoms with van der Waals surface area (Å²) in [5.74, 6) is 0. The van der Waals surface area contributed by atoms with Crippen molar-refractivity contribution in [2.75, 3.05) is 13.7 Å². The average molecular weight is 344 g/mol. The van der Waals surface area contributed by atoms with E-state index in [9.17, 15) is 8.42 Å². The molecule has 1 aromatic heterocycles. The minimum Gasteiger partial charge on any atom is -0.375 e. The minimum absolute atomic E-state index is 0.108. The van der Waals surface area contributed by atoms with Crippen LogP contribution in [-0.2, 0) is 21.3 Å². The van der Waals surface area contributed by atoms with Crippen LogP contribution in [0.15, 0.2) is 41.6 Å². The van der Waals surface area contributed by atoms with Crippen molar-refractivity contribution in [1.82, 2.24) is 14.5 Å². The van der Waals surface area contributed by atoms with Gasteiger partial charge in [0.25, 0.3) is 0 Å². The molecule has 0 unspecified atom stereocenters. The maximum Gasteiger partial charge on any atom is 0.243 e. The van der Waals surface area contributed by atoms with Crippen LogP contribution in [0, 0.1) is 0 Å². The van der Waals surface area contributed by atoms with Crippen LogP contribution in [-0.4, -0.2) is 31.9 Å². The minimum atomic E-state index is -3.62. The van der Waals surface area contributed by atoms with Gasteiger partial charge in [0.05, 0.1) is 12.3 Å². The third kappa shape index (κ3) is 4.07. The molecular weight excluding hydrogens is 326 g/mol. The lowest BCUT2D eigenvalue weighted by Gasteiger charge is -2.16. The fourth-order valence-corrected chi connectivity index (χ4v) is 3.15. The van der Waals surface area contributed by atoms with Gasteiger partial charge in [-0.1, -0.05) is 23.7 Å². The Morgan fingerprint density at radius 3 is 2.82 bits per heavy atom. The highest BCUT2D eigenvalue weighted by molar-refractivity contribution is 7.89. The molecule has 0 saturated carbocycles. The third-order valence-electron chi connectivity index (χ3n) is 3.21. The van der Waals surface area contributed by atoms with Gasteiger partial charge < -0.3 is 4.74 Å². The number of sulfonamides is 1. The summed E-state index contributed by atoms with van der Waals surface area (Å²) in [6.45, 7) is 2.60. The van der Waals surface area contributed by atoms with Crippen LogP contribution < -0.4 is 4.72 Å². The standard InChI is InChI=1S/C14H18ClN3O3S/c1-3-18-10-13(8-16-18)22(19,20)17-9-14(21-2)11-5-4-6-12(15)7-11/h4-8,10,14,17H,3,9H2,1-2H3/t14-/m0/s1. The zero-order valence-corrected chi connectivity index (χ0v) is 13.9. The van der Waals surface area contributed by atoms with Crippen molar-refractivity contribution in [2.45, 2.75) is 24.5 Å². The summed E-state index contributed by atoms with van der Waals surface area (Å²) >= 11 is 5.95. The van der Waals surface area contributed by atoms with Gasteiger partial charge in [0, 0.05) is 31.4 Å². The molecule has 0 amide bonds. The lowest BCUT2D eigenvalue weighted by Crippen LogP contribution is -2.29. The molecule has 0 aliphatic heterocycles. The van der Waals surface area contributed by atoms with Crippen molar-refractivity contribution in [1.29, 1.82) is 0 Å². The molecule has 0 fully saturated rings. The van der Waals surface area contributed by atoms with Crippen molar-refractivity contribution in [3.05, 3.63) is 47.2 Å². The normalized spacial score (nSPS) is 13.2.